The molecular weight excluding hydrogens is 638 g/mol. The van der Waals surface area contributed by atoms with Crippen molar-refractivity contribution in [2.24, 2.45) is 0 Å². The number of hydrogen-bond donors (Lipinski definition) is 2. The largest absolute Gasteiger partial charge is 0.513 e. The first-order valence-corrected chi connectivity index (χ1v) is 17.9. The number of non-ortho nitro benzene ring substituents is 1. The van der Waals surface area contributed by atoms with Crippen LogP contribution in [0.25, 0.3) is 0 Å². The summed E-state index contributed by atoms with van der Waals surface area (Å²) in [4.78, 5) is 44.4. The molecule has 1 aromatic rings. The zero-order chi connectivity index (χ0) is 34.2. The standard InChI is InChI=1S/C17H31NO3.C14H18N2O7S2/c1-14(2)20-13-12-17(3,4)18-16(19)21-15-10-8-6-5-7-9-11-15;1-2-15-13(17)21-7-9-24-25-10-8-22-14(18)23-12-5-3-11(4-6-12)16(19)20/h5-6,14-15H,7-13H2,1-4H3,(H,18,19);3-6H,2,7-10H2,1H3,(H,15,17)/b6-5+;. The number of rotatable bonds is 16. The molecule has 0 saturated heterocycles. The summed E-state index contributed by atoms with van der Waals surface area (Å²) in [5.74, 6) is 1.33. The molecule has 1 unspecified atom stereocenters. The molecule has 0 aliphatic heterocycles. The van der Waals surface area contributed by atoms with Gasteiger partial charge in [0, 0.05) is 42.3 Å². The van der Waals surface area contributed by atoms with Gasteiger partial charge >= 0.3 is 18.3 Å². The number of carbonyl (C=O) groups is 3. The smallest absolute Gasteiger partial charge is 0.449 e. The zero-order valence-corrected chi connectivity index (χ0v) is 29.1. The van der Waals surface area contributed by atoms with Crippen LogP contribution in [0.15, 0.2) is 36.4 Å². The van der Waals surface area contributed by atoms with Gasteiger partial charge in [0.15, 0.2) is 0 Å². The molecule has 1 aliphatic rings. The van der Waals surface area contributed by atoms with E-state index in [-0.39, 0.29) is 41.9 Å². The summed E-state index contributed by atoms with van der Waals surface area (Å²) in [6.45, 7) is 11.4. The summed E-state index contributed by atoms with van der Waals surface area (Å²) >= 11 is 0. The van der Waals surface area contributed by atoms with Crippen LogP contribution in [0.5, 0.6) is 5.75 Å². The van der Waals surface area contributed by atoms with Crippen molar-refractivity contribution < 1.29 is 43.0 Å². The minimum absolute atomic E-state index is 0.0395. The number of carbonyl (C=O) groups excluding carboxylic acids is 3. The maximum Gasteiger partial charge on any atom is 0.513 e. The zero-order valence-electron chi connectivity index (χ0n) is 27.5. The van der Waals surface area contributed by atoms with E-state index in [1.165, 1.54) is 45.9 Å². The molecule has 0 fully saturated rings. The number of nitrogens with one attached hydrogen (secondary N) is 2. The molecule has 0 aromatic heterocycles. The molecule has 2 N–H and O–H groups in total. The molecule has 0 heterocycles. The van der Waals surface area contributed by atoms with E-state index in [1.54, 1.807) is 6.92 Å². The molecule has 2 amide bonds. The second-order valence-corrected chi connectivity index (χ2v) is 13.6. The number of benzene rings is 1. The van der Waals surface area contributed by atoms with Gasteiger partial charge in [-0.15, -0.1) is 0 Å². The van der Waals surface area contributed by atoms with Crippen LogP contribution in [0.3, 0.4) is 0 Å². The molecule has 1 aliphatic carbocycles. The second kappa shape index (κ2) is 24.1. The third-order valence-electron chi connectivity index (χ3n) is 6.05. The van der Waals surface area contributed by atoms with Gasteiger partial charge in [0.25, 0.3) is 5.69 Å². The molecule has 2 rings (SSSR count). The summed E-state index contributed by atoms with van der Waals surface area (Å²) < 4.78 is 25.7. The van der Waals surface area contributed by atoms with E-state index in [0.29, 0.717) is 31.3 Å². The number of hydrogen-bond acceptors (Lipinski definition) is 12. The van der Waals surface area contributed by atoms with Crippen molar-refractivity contribution in [3.05, 3.63) is 46.5 Å². The van der Waals surface area contributed by atoms with Crippen LogP contribution < -0.4 is 15.4 Å². The molecule has 15 heteroatoms. The van der Waals surface area contributed by atoms with Crippen LogP contribution in [0.1, 0.15) is 73.1 Å². The minimum atomic E-state index is -0.876. The summed E-state index contributed by atoms with van der Waals surface area (Å²) in [5, 5.41) is 16.0. The molecule has 1 atom stereocenters. The monoisotopic (exact) mass is 687 g/mol. The number of alkyl carbamates (subject to hydrolysis) is 2. The third kappa shape index (κ3) is 21.5. The van der Waals surface area contributed by atoms with Gasteiger partial charge in [-0.1, -0.05) is 33.7 Å². The quantitative estimate of drug-likeness (QED) is 0.0258. The fourth-order valence-electron chi connectivity index (χ4n) is 3.72. The third-order valence-corrected chi connectivity index (χ3v) is 8.38. The maximum atomic E-state index is 12.0. The van der Waals surface area contributed by atoms with E-state index in [9.17, 15) is 24.5 Å². The summed E-state index contributed by atoms with van der Waals surface area (Å²) in [7, 11) is 2.96. The Morgan fingerprint density at radius 3 is 2.26 bits per heavy atom. The molecule has 0 spiro atoms. The van der Waals surface area contributed by atoms with Gasteiger partial charge in [-0.2, -0.15) is 0 Å². The Kier molecular flexibility index (Phi) is 21.4. The van der Waals surface area contributed by atoms with Gasteiger partial charge in [0.1, 0.15) is 25.1 Å². The van der Waals surface area contributed by atoms with Crippen LogP contribution >= 0.6 is 21.6 Å². The predicted octanol–water partition coefficient (Wildman–Crippen LogP) is 7.43. The van der Waals surface area contributed by atoms with Crippen LogP contribution in [-0.4, -0.2) is 78.9 Å². The number of nitrogens with zero attached hydrogens (tertiary/aromatic N) is 1. The van der Waals surface area contributed by atoms with Crippen molar-refractivity contribution in [2.75, 3.05) is 37.9 Å². The Hall–Kier alpha value is -3.17. The van der Waals surface area contributed by atoms with Crippen molar-refractivity contribution in [3.8, 4) is 5.75 Å². The molecule has 260 valence electrons. The highest BCUT2D eigenvalue weighted by molar-refractivity contribution is 8.76. The Morgan fingerprint density at radius 2 is 1.63 bits per heavy atom. The fourth-order valence-corrected chi connectivity index (χ4v) is 5.37. The molecular formula is C31H49N3O10S2. The highest BCUT2D eigenvalue weighted by Gasteiger charge is 2.23. The molecule has 1 aromatic carbocycles. The first kappa shape index (κ1) is 40.9. The van der Waals surface area contributed by atoms with Crippen molar-refractivity contribution in [1.29, 1.82) is 0 Å². The second-order valence-electron chi connectivity index (χ2n) is 10.9. The summed E-state index contributed by atoms with van der Waals surface area (Å²) in [5.41, 5.74) is -0.404. The lowest BCUT2D eigenvalue weighted by Crippen LogP contribution is -2.45. The number of nitro groups is 1. The van der Waals surface area contributed by atoms with E-state index in [2.05, 4.69) is 22.8 Å². The average Bonchev–Trinajstić information content (AvgIpc) is 2.96. The molecule has 46 heavy (non-hydrogen) atoms. The number of allylic oxidation sites excluding steroid dienone is 2. The van der Waals surface area contributed by atoms with E-state index >= 15 is 0 Å². The van der Waals surface area contributed by atoms with E-state index in [1.807, 2.05) is 27.7 Å². The minimum Gasteiger partial charge on any atom is -0.449 e. The first-order chi connectivity index (χ1) is 21.9. The van der Waals surface area contributed by atoms with Crippen molar-refractivity contribution in [3.63, 3.8) is 0 Å². The number of amides is 2. The lowest BCUT2D eigenvalue weighted by Gasteiger charge is -2.28. The van der Waals surface area contributed by atoms with Gasteiger partial charge in [0.05, 0.1) is 11.0 Å². The Labute approximate surface area is 279 Å². The number of nitro benzene ring substituents is 1. The topological polar surface area (TPSA) is 165 Å². The summed E-state index contributed by atoms with van der Waals surface area (Å²) in [6.07, 6.45) is 8.83. The molecule has 0 radical (unpaired) electrons. The van der Waals surface area contributed by atoms with Crippen LogP contribution in [-0.2, 0) is 18.9 Å². The Balaban J connectivity index is 0.000000467. The van der Waals surface area contributed by atoms with E-state index < -0.39 is 17.2 Å². The van der Waals surface area contributed by atoms with Crippen molar-refractivity contribution in [2.45, 2.75) is 90.9 Å². The normalized spacial score (nSPS) is 15.2. The van der Waals surface area contributed by atoms with Gasteiger partial charge in [-0.25, -0.2) is 14.4 Å². The van der Waals surface area contributed by atoms with E-state index in [0.717, 1.165) is 38.5 Å². The van der Waals surface area contributed by atoms with Gasteiger partial charge < -0.3 is 34.3 Å². The molecule has 0 saturated carbocycles. The molecule has 13 nitrogen and oxygen atoms in total. The highest BCUT2D eigenvalue weighted by atomic mass is 33.1. The predicted molar refractivity (Wildman–Crippen MR) is 180 cm³/mol. The van der Waals surface area contributed by atoms with Gasteiger partial charge in [0.2, 0.25) is 0 Å². The molecule has 0 bridgehead atoms. The Bertz CT molecular complexity index is 1070. The lowest BCUT2D eigenvalue weighted by molar-refractivity contribution is -0.384. The van der Waals surface area contributed by atoms with Crippen LogP contribution in [0, 0.1) is 10.1 Å². The van der Waals surface area contributed by atoms with Crippen molar-refractivity contribution >= 4 is 45.6 Å². The van der Waals surface area contributed by atoms with E-state index in [4.69, 9.17) is 23.7 Å². The summed E-state index contributed by atoms with van der Waals surface area (Å²) in [6, 6.07) is 5.10. The maximum absolute atomic E-state index is 12.0. The number of ether oxygens (including phenoxy) is 5. The fraction of sp³-hybridized carbons (Fsp3) is 0.645. The lowest BCUT2D eigenvalue weighted by atomic mass is 10.0. The highest BCUT2D eigenvalue weighted by Crippen LogP contribution is 2.21. The van der Waals surface area contributed by atoms with Crippen LogP contribution in [0.4, 0.5) is 20.1 Å². The van der Waals surface area contributed by atoms with Gasteiger partial charge in [-0.05, 0) is 85.3 Å². The van der Waals surface area contributed by atoms with Crippen LogP contribution in [0.2, 0.25) is 0 Å². The van der Waals surface area contributed by atoms with Gasteiger partial charge in [-0.3, -0.25) is 10.1 Å². The Morgan fingerprint density at radius 1 is 0.978 bits per heavy atom. The first-order valence-electron chi connectivity index (χ1n) is 15.4. The average molecular weight is 688 g/mol. The van der Waals surface area contributed by atoms with Crippen molar-refractivity contribution in [1.82, 2.24) is 10.6 Å². The SMILES string of the molecule is CC(C)OCCC(C)(C)NC(=O)OC1CC/C=C/CCC1.CCNC(=O)OCCSSCCOC(=O)Oc1ccc([N+](=O)[O-])cc1.